The average molecular weight is 307 g/mol. The molecule has 0 amide bonds. The molecule has 1 rings (SSSR count). The van der Waals surface area contributed by atoms with Crippen molar-refractivity contribution in [3.8, 4) is 0 Å². The van der Waals surface area contributed by atoms with Crippen molar-refractivity contribution in [3.63, 3.8) is 0 Å². The second-order valence-electron chi connectivity index (χ2n) is 3.59. The highest BCUT2D eigenvalue weighted by Crippen LogP contribution is 2.13. The average Bonchev–Trinajstić information content (AvgIpc) is 2.90. The van der Waals surface area contributed by atoms with Gasteiger partial charge in [0.2, 0.25) is 0 Å². The highest BCUT2D eigenvalue weighted by molar-refractivity contribution is 7.89. The van der Waals surface area contributed by atoms with Gasteiger partial charge in [-0.1, -0.05) is 0 Å². The van der Waals surface area contributed by atoms with Gasteiger partial charge in [-0.2, -0.15) is 5.10 Å². The van der Waals surface area contributed by atoms with Crippen molar-refractivity contribution >= 4 is 16.0 Å². The number of hydrogen-bond acceptors (Lipinski definition) is 7. The van der Waals surface area contributed by atoms with Gasteiger partial charge in [-0.15, -0.1) is 0 Å². The molecule has 1 heterocycles. The second-order valence-corrected chi connectivity index (χ2v) is 5.29. The summed E-state index contributed by atoms with van der Waals surface area (Å²) in [5, 5.41) is 5.45. The number of aromatic nitrogens is 2. The minimum absolute atomic E-state index is 0.114. The highest BCUT2D eigenvalue weighted by atomic mass is 32.2. The molecule has 0 saturated heterocycles. The largest absolute Gasteiger partial charge is 0.462 e. The first-order valence-corrected chi connectivity index (χ1v) is 7.20. The summed E-state index contributed by atoms with van der Waals surface area (Å²) in [6.45, 7) is 1.63. The lowest BCUT2D eigenvalue weighted by Crippen LogP contribution is -2.35. The van der Waals surface area contributed by atoms with Gasteiger partial charge in [0.05, 0.1) is 19.3 Å². The van der Waals surface area contributed by atoms with Gasteiger partial charge < -0.3 is 14.2 Å². The van der Waals surface area contributed by atoms with Crippen LogP contribution in [0.15, 0.2) is 11.2 Å². The Morgan fingerprint density at radius 2 is 2.10 bits per heavy atom. The first-order chi connectivity index (χ1) is 9.46. The van der Waals surface area contributed by atoms with E-state index in [2.05, 4.69) is 14.9 Å². The maximum Gasteiger partial charge on any atom is 0.342 e. The first kappa shape index (κ1) is 16.6. The molecule has 114 valence electrons. The van der Waals surface area contributed by atoms with E-state index in [1.165, 1.54) is 14.2 Å². The predicted molar refractivity (Wildman–Crippen MR) is 67.5 cm³/mol. The molecule has 10 heteroatoms. The quantitative estimate of drug-likeness (QED) is 0.490. The smallest absolute Gasteiger partial charge is 0.342 e. The molecule has 1 aromatic heterocycles. The molecule has 0 atom stereocenters. The molecule has 20 heavy (non-hydrogen) atoms. The van der Waals surface area contributed by atoms with Gasteiger partial charge in [-0.05, 0) is 6.92 Å². The number of nitrogens with zero attached hydrogens (tertiary/aromatic N) is 1. The van der Waals surface area contributed by atoms with Crippen molar-refractivity contribution in [2.24, 2.45) is 0 Å². The third-order valence-corrected chi connectivity index (χ3v) is 3.73. The molecule has 0 spiro atoms. The van der Waals surface area contributed by atoms with Gasteiger partial charge in [-0.25, -0.2) is 17.9 Å². The van der Waals surface area contributed by atoms with E-state index in [-0.39, 0.29) is 23.7 Å². The minimum Gasteiger partial charge on any atom is -0.462 e. The lowest BCUT2D eigenvalue weighted by molar-refractivity contribution is -0.0960. The van der Waals surface area contributed by atoms with Crippen LogP contribution >= 0.6 is 0 Å². The summed E-state index contributed by atoms with van der Waals surface area (Å²) in [4.78, 5) is 11.6. The Kier molecular flexibility index (Phi) is 6.07. The maximum absolute atomic E-state index is 12.1. The summed E-state index contributed by atoms with van der Waals surface area (Å²) < 4.78 is 40.8. The zero-order valence-electron chi connectivity index (χ0n) is 11.4. The normalized spacial score (nSPS) is 11.8. The van der Waals surface area contributed by atoms with Crippen molar-refractivity contribution in [2.45, 2.75) is 18.2 Å². The van der Waals surface area contributed by atoms with Gasteiger partial charge >= 0.3 is 5.97 Å². The molecule has 0 aromatic carbocycles. The molecule has 0 aliphatic rings. The number of H-pyrrole nitrogens is 1. The van der Waals surface area contributed by atoms with E-state index < -0.39 is 22.3 Å². The summed E-state index contributed by atoms with van der Waals surface area (Å²) in [7, 11) is -1.20. The van der Waals surface area contributed by atoms with Crippen molar-refractivity contribution in [2.75, 3.05) is 27.4 Å². The molecule has 2 N–H and O–H groups in total. The van der Waals surface area contributed by atoms with Gasteiger partial charge in [-0.3, -0.25) is 5.10 Å². The van der Waals surface area contributed by atoms with Crippen molar-refractivity contribution in [3.05, 3.63) is 11.8 Å². The summed E-state index contributed by atoms with van der Waals surface area (Å²) in [5.74, 6) is -0.767. The Hall–Kier alpha value is -1.49. The van der Waals surface area contributed by atoms with Crippen LogP contribution in [0.2, 0.25) is 0 Å². The molecule has 0 unspecified atom stereocenters. The van der Waals surface area contributed by atoms with E-state index in [9.17, 15) is 13.2 Å². The van der Waals surface area contributed by atoms with Crippen molar-refractivity contribution in [1.82, 2.24) is 14.9 Å². The lowest BCUT2D eigenvalue weighted by atomic mass is 10.4. The summed E-state index contributed by atoms with van der Waals surface area (Å²) in [6, 6.07) is 0. The number of esters is 1. The van der Waals surface area contributed by atoms with Crippen LogP contribution in [-0.2, 0) is 24.2 Å². The topological polar surface area (TPSA) is 120 Å². The van der Waals surface area contributed by atoms with E-state index in [1.807, 2.05) is 0 Å². The molecule has 0 aliphatic carbocycles. The van der Waals surface area contributed by atoms with E-state index in [0.29, 0.717) is 0 Å². The van der Waals surface area contributed by atoms with Gasteiger partial charge in [0.15, 0.2) is 11.3 Å². The first-order valence-electron chi connectivity index (χ1n) is 5.72. The number of rotatable bonds is 8. The van der Waals surface area contributed by atoms with Crippen LogP contribution in [0.3, 0.4) is 0 Å². The zero-order valence-corrected chi connectivity index (χ0v) is 12.2. The van der Waals surface area contributed by atoms with Crippen LogP contribution in [0.4, 0.5) is 0 Å². The highest BCUT2D eigenvalue weighted by Gasteiger charge is 2.26. The van der Waals surface area contributed by atoms with E-state index in [4.69, 9.17) is 14.2 Å². The Morgan fingerprint density at radius 3 is 2.65 bits per heavy atom. The number of nitrogens with one attached hydrogen (secondary N) is 2. The maximum atomic E-state index is 12.1. The molecule has 0 saturated carbocycles. The van der Waals surface area contributed by atoms with Crippen LogP contribution in [0, 0.1) is 0 Å². The number of carbonyl (C=O) groups is 1. The molecule has 0 radical (unpaired) electrons. The number of aromatic amines is 1. The second kappa shape index (κ2) is 7.33. The van der Waals surface area contributed by atoms with Crippen LogP contribution in [0.1, 0.15) is 17.3 Å². The Balaban J connectivity index is 2.88. The fourth-order valence-corrected chi connectivity index (χ4v) is 2.44. The van der Waals surface area contributed by atoms with Crippen LogP contribution in [0.5, 0.6) is 0 Å². The fourth-order valence-electron chi connectivity index (χ4n) is 1.35. The molecule has 0 aliphatic heterocycles. The molecule has 1 aromatic rings. The van der Waals surface area contributed by atoms with Crippen LogP contribution in [0.25, 0.3) is 0 Å². The van der Waals surface area contributed by atoms with Gasteiger partial charge in [0.25, 0.3) is 10.0 Å². The van der Waals surface area contributed by atoms with Gasteiger partial charge in [0.1, 0.15) is 5.56 Å². The predicted octanol–water partition coefficient (Wildman–Crippen LogP) is -0.516. The lowest BCUT2D eigenvalue weighted by Gasteiger charge is -2.14. The Bertz CT molecular complexity index is 537. The minimum atomic E-state index is -3.96. The molecular weight excluding hydrogens is 290 g/mol. The van der Waals surface area contributed by atoms with Crippen LogP contribution in [-0.4, -0.2) is 58.2 Å². The monoisotopic (exact) mass is 307 g/mol. The Labute approximate surface area is 116 Å². The fraction of sp³-hybridized carbons (Fsp3) is 0.600. The van der Waals surface area contributed by atoms with Crippen molar-refractivity contribution in [1.29, 1.82) is 0 Å². The zero-order chi connectivity index (χ0) is 15.2. The van der Waals surface area contributed by atoms with Gasteiger partial charge in [0, 0.05) is 14.2 Å². The Morgan fingerprint density at radius 1 is 1.45 bits per heavy atom. The number of methoxy groups -OCH3 is 2. The van der Waals surface area contributed by atoms with E-state index in [1.54, 1.807) is 6.92 Å². The molecule has 9 nitrogen and oxygen atoms in total. The molecular formula is C10H17N3O6S. The van der Waals surface area contributed by atoms with E-state index in [0.717, 1.165) is 6.20 Å². The van der Waals surface area contributed by atoms with E-state index >= 15 is 0 Å². The molecule has 0 fully saturated rings. The SMILES string of the molecule is CCOC(=O)c1cn[nH]c1S(=O)(=O)NCC(OC)OC. The van der Waals surface area contributed by atoms with Crippen LogP contribution < -0.4 is 4.72 Å². The number of carbonyl (C=O) groups excluding carboxylic acids is 1. The summed E-state index contributed by atoms with van der Waals surface area (Å²) in [5.41, 5.74) is -0.161. The number of hydrogen-bond donors (Lipinski definition) is 2. The standard InChI is InChI=1S/C10H17N3O6S/c1-4-19-10(14)7-5-11-13-9(7)20(15,16)12-6-8(17-2)18-3/h5,8,12H,4,6H2,1-3H3,(H,11,13). The third kappa shape index (κ3) is 4.00. The number of ether oxygens (including phenoxy) is 3. The number of sulfonamides is 1. The summed E-state index contributed by atoms with van der Waals surface area (Å²) >= 11 is 0. The third-order valence-electron chi connectivity index (χ3n) is 2.33. The van der Waals surface area contributed by atoms with Crippen molar-refractivity contribution < 1.29 is 27.4 Å². The summed E-state index contributed by atoms with van der Waals surface area (Å²) in [6.07, 6.45) is 0.357. The molecule has 0 bridgehead atoms.